The Balaban J connectivity index is 1.77. The van der Waals surface area contributed by atoms with Gasteiger partial charge in [-0.2, -0.15) is 5.10 Å². The molecule has 0 saturated carbocycles. The van der Waals surface area contributed by atoms with E-state index in [0.717, 1.165) is 5.69 Å². The van der Waals surface area contributed by atoms with Crippen LogP contribution in [0.2, 0.25) is 0 Å². The molecule has 1 heterocycles. The first-order valence-electron chi connectivity index (χ1n) is 8.31. The quantitative estimate of drug-likeness (QED) is 0.613. The molecule has 3 aromatic rings. The number of aromatic nitrogens is 2. The fraction of sp³-hybridized carbons (Fsp3) is 0.211. The molecule has 0 bridgehead atoms. The minimum absolute atomic E-state index is 0.0439. The summed E-state index contributed by atoms with van der Waals surface area (Å²) < 4.78 is 34.5. The zero-order valence-electron chi connectivity index (χ0n) is 14.8. The molecule has 1 aromatic heterocycles. The lowest BCUT2D eigenvalue weighted by Crippen LogP contribution is -2.43. The molecule has 3 rings (SSSR count). The molecule has 0 saturated heterocycles. The van der Waals surface area contributed by atoms with Crippen molar-refractivity contribution in [3.63, 3.8) is 0 Å². The van der Waals surface area contributed by atoms with Crippen LogP contribution in [0.25, 0.3) is 5.69 Å². The highest BCUT2D eigenvalue weighted by atomic mass is 32.2. The first kappa shape index (κ1) is 19.2. The topological polar surface area (TPSA) is 93.5 Å². The van der Waals surface area contributed by atoms with Crippen LogP contribution in [0, 0.1) is 0 Å². The van der Waals surface area contributed by atoms with Gasteiger partial charge in [-0.3, -0.25) is 0 Å². The van der Waals surface area contributed by atoms with Gasteiger partial charge in [0.15, 0.2) is 0 Å². The molecule has 2 N–H and O–H groups in total. The summed E-state index contributed by atoms with van der Waals surface area (Å²) in [5.74, 6) is 0. The van der Waals surface area contributed by atoms with E-state index in [1.54, 1.807) is 59.5 Å². The van der Waals surface area contributed by atoms with Gasteiger partial charge in [-0.15, -0.1) is 0 Å². The van der Waals surface area contributed by atoms with Crippen molar-refractivity contribution in [1.82, 2.24) is 14.5 Å². The molecule has 0 spiro atoms. The van der Waals surface area contributed by atoms with Crippen molar-refractivity contribution in [2.45, 2.75) is 10.5 Å². The van der Waals surface area contributed by atoms with Gasteiger partial charge in [0.2, 0.25) is 10.0 Å². The second kappa shape index (κ2) is 8.01. The van der Waals surface area contributed by atoms with E-state index in [1.165, 1.54) is 19.2 Å². The number of hydrogen-bond donors (Lipinski definition) is 2. The third-order valence-electron chi connectivity index (χ3n) is 4.16. The molecule has 0 radical (unpaired) electrons. The van der Waals surface area contributed by atoms with Crippen LogP contribution in [0.3, 0.4) is 0 Å². The third kappa shape index (κ3) is 4.42. The van der Waals surface area contributed by atoms with E-state index in [2.05, 4.69) is 9.82 Å². The lowest BCUT2D eigenvalue weighted by Gasteiger charge is -2.28. The molecule has 8 heteroatoms. The van der Waals surface area contributed by atoms with Crippen molar-refractivity contribution in [2.24, 2.45) is 0 Å². The summed E-state index contributed by atoms with van der Waals surface area (Å²) in [5.41, 5.74) is -0.152. The maximum absolute atomic E-state index is 12.6. The molecule has 0 amide bonds. The van der Waals surface area contributed by atoms with Gasteiger partial charge in [0.25, 0.3) is 0 Å². The number of nitrogens with one attached hydrogen (secondary N) is 1. The van der Waals surface area contributed by atoms with Crippen LogP contribution >= 0.6 is 0 Å². The van der Waals surface area contributed by atoms with Crippen LogP contribution in [0.1, 0.15) is 5.56 Å². The summed E-state index contributed by atoms with van der Waals surface area (Å²) in [4.78, 5) is 0.103. The number of hydrogen-bond acceptors (Lipinski definition) is 5. The van der Waals surface area contributed by atoms with Gasteiger partial charge < -0.3 is 9.84 Å². The maximum atomic E-state index is 12.6. The second-order valence-electron chi connectivity index (χ2n) is 6.10. The molecular formula is C19H21N3O4S. The molecule has 1 atom stereocenters. The number of aliphatic hydroxyl groups is 1. The Bertz CT molecular complexity index is 958. The molecule has 0 unspecified atom stereocenters. The Labute approximate surface area is 158 Å². The van der Waals surface area contributed by atoms with Gasteiger partial charge in [0, 0.05) is 26.0 Å². The number of methoxy groups -OCH3 is 1. The van der Waals surface area contributed by atoms with E-state index in [1.807, 2.05) is 6.07 Å². The van der Waals surface area contributed by atoms with Crippen LogP contribution in [0.4, 0.5) is 0 Å². The highest BCUT2D eigenvalue weighted by Crippen LogP contribution is 2.22. The summed E-state index contributed by atoms with van der Waals surface area (Å²) in [5, 5.41) is 15.0. The fourth-order valence-electron chi connectivity index (χ4n) is 2.72. The summed E-state index contributed by atoms with van der Waals surface area (Å²) in [6.45, 7) is -0.258. The van der Waals surface area contributed by atoms with Crippen molar-refractivity contribution >= 4 is 10.0 Å². The van der Waals surface area contributed by atoms with E-state index in [9.17, 15) is 13.5 Å². The summed E-state index contributed by atoms with van der Waals surface area (Å²) in [7, 11) is -2.35. The zero-order valence-corrected chi connectivity index (χ0v) is 15.6. The molecule has 0 aliphatic rings. The van der Waals surface area contributed by atoms with Crippen molar-refractivity contribution < 1.29 is 18.3 Å². The van der Waals surface area contributed by atoms with Gasteiger partial charge in [-0.25, -0.2) is 17.8 Å². The molecule has 7 nitrogen and oxygen atoms in total. The van der Waals surface area contributed by atoms with Gasteiger partial charge in [-0.1, -0.05) is 30.3 Å². The Morgan fingerprint density at radius 2 is 1.81 bits per heavy atom. The maximum Gasteiger partial charge on any atom is 0.240 e. The van der Waals surface area contributed by atoms with Crippen LogP contribution < -0.4 is 4.72 Å². The van der Waals surface area contributed by atoms with Gasteiger partial charge in [-0.05, 0) is 35.9 Å². The largest absolute Gasteiger partial charge is 0.381 e. The number of ether oxygens (including phenoxy) is 1. The summed E-state index contributed by atoms with van der Waals surface area (Å²) >= 11 is 0. The van der Waals surface area contributed by atoms with Crippen LogP contribution in [-0.2, 0) is 20.4 Å². The third-order valence-corrected chi connectivity index (χ3v) is 5.58. The highest BCUT2D eigenvalue weighted by Gasteiger charge is 2.31. The summed E-state index contributed by atoms with van der Waals surface area (Å²) in [6.07, 6.45) is 3.42. The minimum Gasteiger partial charge on any atom is -0.381 e. The predicted octanol–water partition coefficient (Wildman–Crippen LogP) is 1.68. The lowest BCUT2D eigenvalue weighted by molar-refractivity contribution is -0.0310. The van der Waals surface area contributed by atoms with Crippen LogP contribution in [-0.4, -0.2) is 43.6 Å². The fourth-order valence-corrected chi connectivity index (χ4v) is 3.81. The monoisotopic (exact) mass is 387 g/mol. The molecule has 2 aromatic carbocycles. The Kier molecular flexibility index (Phi) is 5.71. The second-order valence-corrected chi connectivity index (χ2v) is 7.87. The zero-order chi connectivity index (χ0) is 19.3. The molecule has 27 heavy (non-hydrogen) atoms. The smallest absolute Gasteiger partial charge is 0.240 e. The SMILES string of the molecule is COC[C@](O)(CNS(=O)(=O)c1ccc(-n2cccn2)cc1)c1ccccc1. The predicted molar refractivity (Wildman–Crippen MR) is 101 cm³/mol. The summed E-state index contributed by atoms with van der Waals surface area (Å²) in [6, 6.07) is 16.9. The average Bonchev–Trinajstić information content (AvgIpc) is 3.22. The van der Waals surface area contributed by atoms with E-state index in [-0.39, 0.29) is 18.0 Å². The highest BCUT2D eigenvalue weighted by molar-refractivity contribution is 7.89. The number of benzene rings is 2. The van der Waals surface area contributed by atoms with Gasteiger partial charge in [0.05, 0.1) is 17.2 Å². The van der Waals surface area contributed by atoms with Gasteiger partial charge in [0.1, 0.15) is 5.60 Å². The van der Waals surface area contributed by atoms with Crippen molar-refractivity contribution in [3.8, 4) is 5.69 Å². The average molecular weight is 387 g/mol. The Hall–Kier alpha value is -2.52. The normalized spacial score (nSPS) is 14.0. The number of rotatable bonds is 8. The van der Waals surface area contributed by atoms with Crippen LogP contribution in [0.15, 0.2) is 78.0 Å². The first-order valence-corrected chi connectivity index (χ1v) is 9.79. The van der Waals surface area contributed by atoms with Crippen molar-refractivity contribution in [2.75, 3.05) is 20.3 Å². The molecule has 142 valence electrons. The van der Waals surface area contributed by atoms with Crippen LogP contribution in [0.5, 0.6) is 0 Å². The molecule has 0 aliphatic heterocycles. The number of sulfonamides is 1. The van der Waals surface area contributed by atoms with Crippen molar-refractivity contribution in [1.29, 1.82) is 0 Å². The van der Waals surface area contributed by atoms with E-state index in [0.29, 0.717) is 5.56 Å². The lowest BCUT2D eigenvalue weighted by atomic mass is 9.95. The van der Waals surface area contributed by atoms with E-state index < -0.39 is 15.6 Å². The van der Waals surface area contributed by atoms with E-state index >= 15 is 0 Å². The Morgan fingerprint density at radius 3 is 2.41 bits per heavy atom. The Morgan fingerprint density at radius 1 is 1.11 bits per heavy atom. The minimum atomic E-state index is -3.80. The molecule has 0 aliphatic carbocycles. The van der Waals surface area contributed by atoms with Crippen molar-refractivity contribution in [3.05, 3.63) is 78.6 Å². The molecule has 0 fully saturated rings. The van der Waals surface area contributed by atoms with E-state index in [4.69, 9.17) is 4.74 Å². The first-order chi connectivity index (χ1) is 12.9. The molecular weight excluding hydrogens is 366 g/mol. The standard InChI is InChI=1S/C19H21N3O4S/c1-26-15-19(23,16-6-3-2-4-7-16)14-21-27(24,25)18-10-8-17(9-11-18)22-13-5-12-20-22/h2-13,21,23H,14-15H2,1H3/t19-/m1/s1. The van der Waals surface area contributed by atoms with Gasteiger partial charge >= 0.3 is 0 Å². The number of nitrogens with zero attached hydrogens (tertiary/aromatic N) is 2.